The van der Waals surface area contributed by atoms with Gasteiger partial charge in [-0.2, -0.15) is 0 Å². The summed E-state index contributed by atoms with van der Waals surface area (Å²) in [4.78, 5) is 7.96. The van der Waals surface area contributed by atoms with Crippen LogP contribution in [0.3, 0.4) is 0 Å². The minimum Gasteiger partial charge on any atom is -0.417 e. The van der Waals surface area contributed by atoms with Gasteiger partial charge in [0.25, 0.3) is 0 Å². The third-order valence-corrected chi connectivity index (χ3v) is 8.80. The second-order valence-electron chi connectivity index (χ2n) is 6.91. The molecule has 0 unspecified atom stereocenters. The van der Waals surface area contributed by atoms with E-state index in [-0.39, 0.29) is 5.04 Å². The highest BCUT2D eigenvalue weighted by Crippen LogP contribution is 2.36. The Kier molecular flexibility index (Phi) is 4.35. The molecule has 0 saturated carbocycles. The molecule has 1 N–H and O–H groups in total. The van der Waals surface area contributed by atoms with Gasteiger partial charge in [-0.05, 0) is 36.7 Å². The van der Waals surface area contributed by atoms with Gasteiger partial charge in [0.2, 0.25) is 0 Å². The highest BCUT2D eigenvalue weighted by Gasteiger charge is 2.36. The monoisotopic (exact) mass is 290 g/mol. The Bertz CT molecular complexity index is 536. The van der Waals surface area contributed by atoms with Crippen molar-refractivity contribution < 1.29 is 4.43 Å². The predicted molar refractivity (Wildman–Crippen MR) is 87.6 cm³/mol. The van der Waals surface area contributed by atoms with E-state index in [4.69, 9.17) is 4.43 Å². The molecule has 1 aromatic carbocycles. The predicted octanol–water partition coefficient (Wildman–Crippen LogP) is 4.52. The Balaban J connectivity index is 1.84. The first-order valence-electron chi connectivity index (χ1n) is 7.37. The molecule has 2 rings (SSSR count). The largest absolute Gasteiger partial charge is 0.417 e. The first-order chi connectivity index (χ1) is 9.29. The number of benzene rings is 1. The van der Waals surface area contributed by atoms with Crippen molar-refractivity contribution in [2.75, 3.05) is 6.61 Å². The van der Waals surface area contributed by atoms with Gasteiger partial charge in [0.15, 0.2) is 8.32 Å². The fourth-order valence-electron chi connectivity index (χ4n) is 1.91. The van der Waals surface area contributed by atoms with Crippen LogP contribution in [0.1, 0.15) is 33.0 Å². The zero-order chi connectivity index (χ0) is 14.8. The Morgan fingerprint density at radius 1 is 1.20 bits per heavy atom. The van der Waals surface area contributed by atoms with Gasteiger partial charge >= 0.3 is 0 Å². The van der Waals surface area contributed by atoms with Gasteiger partial charge in [0, 0.05) is 13.0 Å². The van der Waals surface area contributed by atoms with E-state index in [1.165, 1.54) is 0 Å². The average Bonchev–Trinajstić information content (AvgIpc) is 2.76. The first kappa shape index (κ1) is 15.3. The lowest BCUT2D eigenvalue weighted by atomic mass is 10.2. The van der Waals surface area contributed by atoms with Crippen LogP contribution in [-0.4, -0.2) is 24.9 Å². The lowest BCUT2D eigenvalue weighted by Gasteiger charge is -2.36. The molecule has 0 amide bonds. The fraction of sp³-hybridized carbons (Fsp3) is 0.562. The number of H-pyrrole nitrogens is 1. The molecule has 1 heterocycles. The van der Waals surface area contributed by atoms with Crippen LogP contribution in [0.15, 0.2) is 24.3 Å². The average molecular weight is 290 g/mol. The third kappa shape index (κ3) is 3.49. The van der Waals surface area contributed by atoms with E-state index in [1.807, 2.05) is 18.2 Å². The molecular weight excluding hydrogens is 264 g/mol. The Morgan fingerprint density at radius 3 is 2.55 bits per heavy atom. The number of hydrogen-bond donors (Lipinski definition) is 1. The lowest BCUT2D eigenvalue weighted by molar-refractivity contribution is 0.282. The van der Waals surface area contributed by atoms with Crippen LogP contribution in [0.4, 0.5) is 0 Å². The number of aryl methyl sites for hydroxylation is 1. The molecule has 0 saturated heterocycles. The number of hydrogen-bond acceptors (Lipinski definition) is 2. The second-order valence-corrected chi connectivity index (χ2v) is 11.7. The van der Waals surface area contributed by atoms with E-state index < -0.39 is 8.32 Å². The minimum atomic E-state index is -1.61. The third-order valence-electron chi connectivity index (χ3n) is 4.27. The van der Waals surface area contributed by atoms with Crippen LogP contribution in [-0.2, 0) is 10.8 Å². The number of nitrogens with one attached hydrogen (secondary N) is 1. The van der Waals surface area contributed by atoms with Crippen molar-refractivity contribution in [2.45, 2.75) is 51.7 Å². The summed E-state index contributed by atoms with van der Waals surface area (Å²) in [6.45, 7) is 12.3. The molecule has 0 aliphatic rings. The lowest BCUT2D eigenvalue weighted by Crippen LogP contribution is -2.41. The molecule has 4 heteroatoms. The van der Waals surface area contributed by atoms with E-state index in [9.17, 15) is 0 Å². The zero-order valence-corrected chi connectivity index (χ0v) is 14.3. The number of rotatable bonds is 5. The highest BCUT2D eigenvalue weighted by molar-refractivity contribution is 6.74. The molecule has 0 fully saturated rings. The molecule has 3 nitrogen and oxygen atoms in total. The van der Waals surface area contributed by atoms with Crippen LogP contribution in [0, 0.1) is 0 Å². The standard InChI is InChI=1S/C16H26N2OSi/c1-16(2,3)20(4,5)19-12-8-11-15-17-13-9-6-7-10-14(13)18-15/h6-7,9-10H,8,11-12H2,1-5H3,(H,17,18). The highest BCUT2D eigenvalue weighted by atomic mass is 28.4. The van der Waals surface area contributed by atoms with Crippen LogP contribution in [0.25, 0.3) is 11.0 Å². The molecule has 0 atom stereocenters. The quantitative estimate of drug-likeness (QED) is 0.649. The fourth-order valence-corrected chi connectivity index (χ4v) is 3.00. The van der Waals surface area contributed by atoms with Gasteiger partial charge < -0.3 is 9.41 Å². The summed E-state index contributed by atoms with van der Waals surface area (Å²) in [5, 5.41) is 0.284. The van der Waals surface area contributed by atoms with Gasteiger partial charge in [-0.15, -0.1) is 0 Å². The van der Waals surface area contributed by atoms with Gasteiger partial charge in [-0.1, -0.05) is 32.9 Å². The number of fused-ring (bicyclic) bond motifs is 1. The van der Waals surface area contributed by atoms with Crippen molar-refractivity contribution in [3.63, 3.8) is 0 Å². The normalized spacial score (nSPS) is 13.1. The molecule has 1 aromatic heterocycles. The second kappa shape index (κ2) is 5.70. The summed E-state index contributed by atoms with van der Waals surface area (Å²) in [5.41, 5.74) is 2.17. The van der Waals surface area contributed by atoms with Crippen molar-refractivity contribution in [1.29, 1.82) is 0 Å². The van der Waals surface area contributed by atoms with E-state index >= 15 is 0 Å². The number of aromatic nitrogens is 2. The summed E-state index contributed by atoms with van der Waals surface area (Å²) in [7, 11) is -1.61. The molecule has 0 radical (unpaired) electrons. The molecule has 110 valence electrons. The summed E-state index contributed by atoms with van der Waals surface area (Å²) in [6, 6.07) is 8.16. The topological polar surface area (TPSA) is 37.9 Å². The Labute approximate surface area is 122 Å². The van der Waals surface area contributed by atoms with Crippen LogP contribution in [0.5, 0.6) is 0 Å². The number of para-hydroxylation sites is 2. The molecule has 0 spiro atoms. The number of aromatic amines is 1. The van der Waals surface area contributed by atoms with Crippen LogP contribution in [0.2, 0.25) is 18.1 Å². The number of imidazole rings is 1. The van der Waals surface area contributed by atoms with Crippen molar-refractivity contribution in [1.82, 2.24) is 9.97 Å². The summed E-state index contributed by atoms with van der Waals surface area (Å²) in [5.74, 6) is 1.06. The summed E-state index contributed by atoms with van der Waals surface area (Å²) >= 11 is 0. The van der Waals surface area contributed by atoms with Crippen LogP contribution >= 0.6 is 0 Å². The molecule has 20 heavy (non-hydrogen) atoms. The minimum absolute atomic E-state index is 0.284. The molecule has 0 bridgehead atoms. The first-order valence-corrected chi connectivity index (χ1v) is 10.3. The summed E-state index contributed by atoms with van der Waals surface area (Å²) < 4.78 is 6.19. The SMILES string of the molecule is CC(C)(C)[Si](C)(C)OCCCc1nc2ccccc2[nH]1. The van der Waals surface area contributed by atoms with Crippen molar-refractivity contribution in [3.05, 3.63) is 30.1 Å². The van der Waals surface area contributed by atoms with E-state index in [2.05, 4.69) is 49.9 Å². The van der Waals surface area contributed by atoms with E-state index in [0.29, 0.717) is 0 Å². The maximum Gasteiger partial charge on any atom is 0.191 e. The molecular formula is C16H26N2OSi. The molecule has 0 aliphatic heterocycles. The van der Waals surface area contributed by atoms with Crippen molar-refractivity contribution in [3.8, 4) is 0 Å². The van der Waals surface area contributed by atoms with Crippen LogP contribution < -0.4 is 0 Å². The van der Waals surface area contributed by atoms with E-state index in [0.717, 1.165) is 36.3 Å². The van der Waals surface area contributed by atoms with Crippen molar-refractivity contribution >= 4 is 19.4 Å². The maximum atomic E-state index is 6.19. The summed E-state index contributed by atoms with van der Waals surface area (Å²) in [6.07, 6.45) is 1.97. The number of nitrogens with zero attached hydrogens (tertiary/aromatic N) is 1. The Hall–Kier alpha value is -1.13. The van der Waals surface area contributed by atoms with Gasteiger partial charge in [0.1, 0.15) is 5.82 Å². The smallest absolute Gasteiger partial charge is 0.191 e. The van der Waals surface area contributed by atoms with Gasteiger partial charge in [0.05, 0.1) is 11.0 Å². The zero-order valence-electron chi connectivity index (χ0n) is 13.3. The molecule has 0 aliphatic carbocycles. The van der Waals surface area contributed by atoms with Gasteiger partial charge in [-0.25, -0.2) is 4.98 Å². The van der Waals surface area contributed by atoms with Crippen molar-refractivity contribution in [2.24, 2.45) is 0 Å². The Morgan fingerprint density at radius 2 is 1.90 bits per heavy atom. The molecule has 2 aromatic rings. The van der Waals surface area contributed by atoms with E-state index in [1.54, 1.807) is 0 Å². The van der Waals surface area contributed by atoms with Gasteiger partial charge in [-0.3, -0.25) is 0 Å². The maximum absolute atomic E-state index is 6.19.